The molecule has 0 radical (unpaired) electrons. The minimum Gasteiger partial charge on any atom is -0.0915 e. The Kier molecular flexibility index (Phi) is 2.84. The van der Waals surface area contributed by atoms with Crippen LogP contribution in [0.3, 0.4) is 0 Å². The Morgan fingerprint density at radius 2 is 1.41 bits per heavy atom. The lowest BCUT2D eigenvalue weighted by molar-refractivity contribution is 1.57. The van der Waals surface area contributed by atoms with Gasteiger partial charge in [-0.25, -0.2) is 0 Å². The number of rotatable bonds is 2. The summed E-state index contributed by atoms with van der Waals surface area (Å²) in [6, 6.07) is 21.7. The van der Waals surface area contributed by atoms with Gasteiger partial charge in [-0.1, -0.05) is 72.4 Å². The van der Waals surface area contributed by atoms with E-state index in [4.69, 9.17) is 0 Å². The van der Waals surface area contributed by atoms with Crippen molar-refractivity contribution in [2.75, 3.05) is 0 Å². The van der Waals surface area contributed by atoms with Crippen LogP contribution < -0.4 is 5.19 Å². The lowest BCUT2D eigenvalue weighted by atomic mass is 10.2. The number of benzene rings is 2. The summed E-state index contributed by atoms with van der Waals surface area (Å²) < 4.78 is 0. The van der Waals surface area contributed by atoms with Crippen molar-refractivity contribution < 1.29 is 0 Å². The summed E-state index contributed by atoms with van der Waals surface area (Å²) in [6.45, 7) is 0. The van der Waals surface area contributed by atoms with Crippen molar-refractivity contribution in [2.45, 2.75) is 6.42 Å². The average molecular weight is 234 g/mol. The molecule has 0 saturated carbocycles. The molecular weight excluding hydrogens is 220 g/mol. The number of hydrogen-bond acceptors (Lipinski definition) is 0. The van der Waals surface area contributed by atoms with Gasteiger partial charge in [-0.2, -0.15) is 0 Å². The Bertz CT molecular complexity index is 511. The Labute approximate surface area is 103 Å². The van der Waals surface area contributed by atoms with E-state index < -0.39 is 8.41 Å². The van der Waals surface area contributed by atoms with E-state index in [1.165, 1.54) is 10.8 Å². The molecule has 1 aliphatic heterocycles. The van der Waals surface area contributed by atoms with E-state index in [1.807, 2.05) is 0 Å². The highest BCUT2D eigenvalue weighted by Gasteiger charge is 2.14. The van der Waals surface area contributed by atoms with Crippen LogP contribution in [-0.2, 0) is 0 Å². The van der Waals surface area contributed by atoms with Gasteiger partial charge in [0.2, 0.25) is 0 Å². The summed E-state index contributed by atoms with van der Waals surface area (Å²) in [6.07, 6.45) is 3.50. The molecule has 0 spiro atoms. The molecule has 3 rings (SSSR count). The Hall–Kier alpha value is -1.73. The zero-order valence-corrected chi connectivity index (χ0v) is 10.6. The summed E-state index contributed by atoms with van der Waals surface area (Å²) in [5, 5.41) is 3.03. The largest absolute Gasteiger partial charge is 0.0915 e. The van der Waals surface area contributed by atoms with E-state index in [-0.39, 0.29) is 0 Å². The molecule has 0 bridgehead atoms. The standard InChI is InChI=1S/C16H14Si/c1-3-8-14(9-4-1)16-12-7-13-17(16)15-10-5-2-6-11-15/h1-6,8-13H,7H2. The maximum atomic E-state index is 2.49. The molecule has 17 heavy (non-hydrogen) atoms. The minimum atomic E-state index is -0.644. The van der Waals surface area contributed by atoms with Crippen LogP contribution >= 0.6 is 0 Å². The molecular formula is C16H14Si. The third-order valence-electron chi connectivity index (χ3n) is 3.10. The van der Waals surface area contributed by atoms with Crippen LogP contribution in [-0.4, -0.2) is 14.1 Å². The highest BCUT2D eigenvalue weighted by molar-refractivity contribution is 6.94. The zero-order valence-electron chi connectivity index (χ0n) is 9.64. The summed E-state index contributed by atoms with van der Waals surface area (Å²) in [7, 11) is -0.644. The van der Waals surface area contributed by atoms with Gasteiger partial charge in [0, 0.05) is 0 Å². The molecule has 0 N–H and O–H groups in total. The van der Waals surface area contributed by atoms with Gasteiger partial charge in [-0.3, -0.25) is 0 Å². The van der Waals surface area contributed by atoms with Gasteiger partial charge >= 0.3 is 0 Å². The van der Waals surface area contributed by atoms with Crippen LogP contribution in [0, 0.1) is 0 Å². The van der Waals surface area contributed by atoms with Crippen LogP contribution in [0.25, 0.3) is 5.20 Å². The Balaban J connectivity index is 2.01. The van der Waals surface area contributed by atoms with Crippen molar-refractivity contribution in [2.24, 2.45) is 0 Å². The topological polar surface area (TPSA) is 0 Å². The summed E-state index contributed by atoms with van der Waals surface area (Å²) >= 11 is 0. The summed E-state index contributed by atoms with van der Waals surface area (Å²) in [4.78, 5) is 0. The van der Waals surface area contributed by atoms with Gasteiger partial charge in [0.05, 0.1) is 8.41 Å². The monoisotopic (exact) mass is 234 g/mol. The van der Waals surface area contributed by atoms with Gasteiger partial charge in [0.15, 0.2) is 0 Å². The predicted molar refractivity (Wildman–Crippen MR) is 76.9 cm³/mol. The Morgan fingerprint density at radius 1 is 0.765 bits per heavy atom. The molecule has 0 saturated heterocycles. The molecule has 0 nitrogen and oxygen atoms in total. The lowest BCUT2D eigenvalue weighted by Crippen LogP contribution is -2.23. The maximum absolute atomic E-state index is 2.49. The highest BCUT2D eigenvalue weighted by atomic mass is 28.2. The molecule has 0 amide bonds. The van der Waals surface area contributed by atoms with Gasteiger partial charge in [0.25, 0.3) is 0 Å². The van der Waals surface area contributed by atoms with Crippen molar-refractivity contribution in [3.8, 4) is 0 Å². The van der Waals surface area contributed by atoms with Crippen molar-refractivity contribution in [1.82, 2.24) is 0 Å². The minimum absolute atomic E-state index is 0.644. The molecule has 2 aromatic carbocycles. The van der Waals surface area contributed by atoms with Crippen LogP contribution in [0.15, 0.2) is 66.7 Å². The van der Waals surface area contributed by atoms with Crippen molar-refractivity contribution in [1.29, 1.82) is 0 Å². The van der Waals surface area contributed by atoms with Crippen molar-refractivity contribution in [3.05, 3.63) is 72.3 Å². The van der Waals surface area contributed by atoms with E-state index in [9.17, 15) is 0 Å². The first-order valence-corrected chi connectivity index (χ1v) is 7.54. The molecule has 2 aromatic rings. The molecule has 82 valence electrons. The first kappa shape index (κ1) is 10.4. The van der Waals surface area contributed by atoms with Crippen molar-refractivity contribution >= 4 is 24.5 Å². The van der Waals surface area contributed by atoms with E-state index in [2.05, 4.69) is 72.4 Å². The van der Waals surface area contributed by atoms with Gasteiger partial charge in [-0.15, -0.1) is 0 Å². The first-order chi connectivity index (χ1) is 8.45. The predicted octanol–water partition coefficient (Wildman–Crippen LogP) is 2.80. The van der Waals surface area contributed by atoms with E-state index in [0.29, 0.717) is 0 Å². The van der Waals surface area contributed by atoms with E-state index in [0.717, 1.165) is 6.42 Å². The van der Waals surface area contributed by atoms with Gasteiger partial charge in [0.1, 0.15) is 0 Å². The molecule has 0 aromatic heterocycles. The van der Waals surface area contributed by atoms with Crippen LogP contribution in [0.5, 0.6) is 0 Å². The molecule has 0 atom stereocenters. The normalized spacial score (nSPS) is 14.4. The van der Waals surface area contributed by atoms with E-state index in [1.54, 1.807) is 5.20 Å². The fraction of sp³-hybridized carbons (Fsp3) is 0.0625. The SMILES string of the molecule is C1=C(c2ccccc2)[Si](c2ccccc2)=CC1. The fourth-order valence-corrected chi connectivity index (χ4v) is 4.78. The first-order valence-electron chi connectivity index (χ1n) is 5.97. The smallest absolute Gasteiger partial charge is 0.0766 e. The zero-order chi connectivity index (χ0) is 11.5. The second-order valence-corrected chi connectivity index (χ2v) is 6.55. The lowest BCUT2D eigenvalue weighted by Gasteiger charge is -2.08. The number of hydrogen-bond donors (Lipinski definition) is 0. The molecule has 1 heteroatoms. The molecule has 0 unspecified atom stereocenters. The molecule has 0 aliphatic carbocycles. The molecule has 0 fully saturated rings. The third kappa shape index (κ3) is 2.06. The molecule has 1 aliphatic rings. The molecule has 1 heterocycles. The third-order valence-corrected chi connectivity index (χ3v) is 5.78. The number of allylic oxidation sites excluding steroid dienone is 1. The maximum Gasteiger partial charge on any atom is 0.0766 e. The fourth-order valence-electron chi connectivity index (χ4n) is 2.30. The quantitative estimate of drug-likeness (QED) is 0.701. The van der Waals surface area contributed by atoms with Crippen molar-refractivity contribution in [3.63, 3.8) is 0 Å². The highest BCUT2D eigenvalue weighted by Crippen LogP contribution is 2.18. The Morgan fingerprint density at radius 3 is 2.12 bits per heavy atom. The van der Waals surface area contributed by atoms with Crippen LogP contribution in [0.2, 0.25) is 0 Å². The van der Waals surface area contributed by atoms with Crippen LogP contribution in [0.1, 0.15) is 12.0 Å². The van der Waals surface area contributed by atoms with Crippen LogP contribution in [0.4, 0.5) is 0 Å². The second kappa shape index (κ2) is 4.64. The van der Waals surface area contributed by atoms with E-state index >= 15 is 0 Å². The van der Waals surface area contributed by atoms with Gasteiger partial charge < -0.3 is 0 Å². The second-order valence-electron chi connectivity index (χ2n) is 4.20. The van der Waals surface area contributed by atoms with Gasteiger partial charge in [-0.05, 0) is 22.4 Å². The average Bonchev–Trinajstić information content (AvgIpc) is 2.90. The summed E-state index contributed by atoms with van der Waals surface area (Å²) in [5.74, 6) is 0. The summed E-state index contributed by atoms with van der Waals surface area (Å²) in [5.41, 5.74) is 3.88.